The summed E-state index contributed by atoms with van der Waals surface area (Å²) < 4.78 is 2.15. The second-order valence-electron chi connectivity index (χ2n) is 4.20. The van der Waals surface area contributed by atoms with Gasteiger partial charge in [-0.3, -0.25) is 14.3 Å². The van der Waals surface area contributed by atoms with E-state index >= 15 is 0 Å². The highest BCUT2D eigenvalue weighted by Crippen LogP contribution is 2.05. The zero-order valence-corrected chi connectivity index (χ0v) is 12.3. The first-order valence-corrected chi connectivity index (χ1v) is 7.22. The minimum absolute atomic E-state index is 0.296. The van der Waals surface area contributed by atoms with E-state index in [1.165, 1.54) is 25.7 Å². The Labute approximate surface area is 115 Å². The number of hydrogen-bond acceptors (Lipinski definition) is 2. The minimum Gasteiger partial charge on any atom is -0.300 e. The molecule has 1 aromatic rings. The van der Waals surface area contributed by atoms with Crippen LogP contribution in [0.25, 0.3) is 0 Å². The molecule has 1 heterocycles. The predicted octanol–water partition coefficient (Wildman–Crippen LogP) is 2.50. The molecule has 0 aliphatic carbocycles. The van der Waals surface area contributed by atoms with Crippen molar-refractivity contribution in [3.05, 3.63) is 30.6 Å². The van der Waals surface area contributed by atoms with Gasteiger partial charge in [-0.2, -0.15) is 0 Å². The van der Waals surface area contributed by atoms with Crippen LogP contribution in [0, 0.1) is 3.57 Å². The average Bonchev–Trinajstić information content (AvgIpc) is 2.30. The van der Waals surface area contributed by atoms with Crippen LogP contribution in [0.1, 0.15) is 45.4 Å². The Morgan fingerprint density at radius 3 is 2.53 bits per heavy atom. The van der Waals surface area contributed by atoms with Crippen molar-refractivity contribution in [2.75, 3.05) is 0 Å². The van der Waals surface area contributed by atoms with Gasteiger partial charge in [0, 0.05) is 12.7 Å². The van der Waals surface area contributed by atoms with Crippen LogP contribution >= 0.6 is 22.6 Å². The maximum atomic E-state index is 11.5. The van der Waals surface area contributed by atoms with Gasteiger partial charge in [0.05, 0.1) is 3.57 Å². The summed E-state index contributed by atoms with van der Waals surface area (Å²) in [5, 5.41) is 0. The second-order valence-corrected chi connectivity index (χ2v) is 5.36. The van der Waals surface area contributed by atoms with Gasteiger partial charge in [0.15, 0.2) is 0 Å². The molecule has 0 radical (unpaired) electrons. The summed E-state index contributed by atoms with van der Waals surface area (Å²) in [6.45, 7) is 2.89. The molecule has 0 saturated heterocycles. The average molecular weight is 350 g/mol. The summed E-state index contributed by atoms with van der Waals surface area (Å²) in [5.74, 6) is 0. The van der Waals surface area contributed by atoms with Gasteiger partial charge in [-0.15, -0.1) is 0 Å². The lowest BCUT2D eigenvalue weighted by Gasteiger charge is -2.05. The van der Waals surface area contributed by atoms with E-state index < -0.39 is 0 Å². The molecule has 0 aliphatic heterocycles. The fraction of sp³-hybridized carbons (Fsp3) is 0.667. The van der Waals surface area contributed by atoms with Crippen LogP contribution in [0.3, 0.4) is 0 Å². The third-order valence-electron chi connectivity index (χ3n) is 2.72. The van der Waals surface area contributed by atoms with Crippen molar-refractivity contribution in [3.8, 4) is 0 Å². The normalized spacial score (nSPS) is 10.7. The minimum atomic E-state index is -0.302. The van der Waals surface area contributed by atoms with Gasteiger partial charge in [-0.25, -0.2) is 4.79 Å². The van der Waals surface area contributed by atoms with Crippen molar-refractivity contribution in [3.63, 3.8) is 0 Å². The Morgan fingerprint density at radius 1 is 1.18 bits per heavy atom. The summed E-state index contributed by atoms with van der Waals surface area (Å²) in [6.07, 6.45) is 8.80. The van der Waals surface area contributed by atoms with Crippen LogP contribution in [-0.2, 0) is 6.54 Å². The molecule has 17 heavy (non-hydrogen) atoms. The molecule has 0 aromatic carbocycles. The van der Waals surface area contributed by atoms with E-state index in [9.17, 15) is 9.59 Å². The Bertz CT molecular complexity index is 451. The third kappa shape index (κ3) is 5.06. The molecule has 0 unspecified atom stereocenters. The second kappa shape index (κ2) is 7.68. The number of rotatable bonds is 7. The number of aromatic amines is 1. The number of aryl methyl sites for hydroxylation is 1. The molecule has 96 valence electrons. The Morgan fingerprint density at radius 2 is 1.82 bits per heavy atom. The Hall–Kier alpha value is -0.590. The fourth-order valence-electron chi connectivity index (χ4n) is 1.71. The fourth-order valence-corrected chi connectivity index (χ4v) is 2.18. The lowest BCUT2D eigenvalue weighted by molar-refractivity contribution is 0.541. The largest absolute Gasteiger partial charge is 0.328 e. The zero-order valence-electron chi connectivity index (χ0n) is 10.2. The van der Waals surface area contributed by atoms with Crippen LogP contribution < -0.4 is 11.2 Å². The number of nitrogens with one attached hydrogen (secondary N) is 1. The quantitative estimate of drug-likeness (QED) is 0.607. The highest BCUT2D eigenvalue weighted by Gasteiger charge is 2.01. The number of H-pyrrole nitrogens is 1. The van der Waals surface area contributed by atoms with Gasteiger partial charge in [0.25, 0.3) is 5.56 Å². The zero-order chi connectivity index (χ0) is 12.7. The maximum absolute atomic E-state index is 11.5. The summed E-state index contributed by atoms with van der Waals surface area (Å²) >= 11 is 1.94. The predicted molar refractivity (Wildman–Crippen MR) is 77.4 cm³/mol. The molecule has 4 nitrogen and oxygen atoms in total. The SMILES string of the molecule is CCCCCCCCn1cc(I)c(=O)[nH]c1=O. The number of unbranched alkanes of at least 4 members (excludes halogenated alkanes) is 5. The first-order chi connectivity index (χ1) is 8.15. The van der Waals surface area contributed by atoms with Crippen molar-refractivity contribution < 1.29 is 0 Å². The monoisotopic (exact) mass is 350 g/mol. The van der Waals surface area contributed by atoms with Crippen molar-refractivity contribution >= 4 is 22.6 Å². The van der Waals surface area contributed by atoms with Gasteiger partial charge >= 0.3 is 5.69 Å². The van der Waals surface area contributed by atoms with E-state index in [4.69, 9.17) is 0 Å². The molecular formula is C12H19IN2O2. The van der Waals surface area contributed by atoms with Crippen LogP contribution in [0.4, 0.5) is 0 Å². The van der Waals surface area contributed by atoms with E-state index in [-0.39, 0.29) is 11.2 Å². The van der Waals surface area contributed by atoms with Crippen LogP contribution in [0.15, 0.2) is 15.8 Å². The number of nitrogens with zero attached hydrogens (tertiary/aromatic N) is 1. The standard InChI is InChI=1S/C12H19IN2O2/c1-2-3-4-5-6-7-8-15-9-10(13)11(16)14-12(15)17/h9H,2-8H2,1H3,(H,14,16,17). The lowest BCUT2D eigenvalue weighted by Crippen LogP contribution is -2.30. The molecule has 0 atom stereocenters. The summed E-state index contributed by atoms with van der Waals surface area (Å²) in [4.78, 5) is 24.9. The van der Waals surface area contributed by atoms with Gasteiger partial charge in [0.2, 0.25) is 0 Å². The van der Waals surface area contributed by atoms with Crippen molar-refractivity contribution in [2.45, 2.75) is 52.0 Å². The van der Waals surface area contributed by atoms with E-state index in [2.05, 4.69) is 11.9 Å². The van der Waals surface area contributed by atoms with E-state index in [1.54, 1.807) is 10.8 Å². The molecule has 0 spiro atoms. The molecular weight excluding hydrogens is 331 g/mol. The molecule has 5 heteroatoms. The van der Waals surface area contributed by atoms with E-state index in [1.807, 2.05) is 22.6 Å². The van der Waals surface area contributed by atoms with Gasteiger partial charge < -0.3 is 0 Å². The molecule has 1 aromatic heterocycles. The van der Waals surface area contributed by atoms with Gasteiger partial charge in [-0.05, 0) is 29.0 Å². The molecule has 0 saturated carbocycles. The lowest BCUT2D eigenvalue weighted by atomic mass is 10.1. The topological polar surface area (TPSA) is 54.9 Å². The summed E-state index contributed by atoms with van der Waals surface area (Å²) in [7, 11) is 0. The number of halogens is 1. The van der Waals surface area contributed by atoms with Crippen LogP contribution in [-0.4, -0.2) is 9.55 Å². The highest BCUT2D eigenvalue weighted by atomic mass is 127. The molecule has 0 aliphatic rings. The molecule has 1 N–H and O–H groups in total. The summed E-state index contributed by atoms with van der Waals surface area (Å²) in [5.41, 5.74) is -0.598. The van der Waals surface area contributed by atoms with Crippen LogP contribution in [0.2, 0.25) is 0 Å². The molecule has 1 rings (SSSR count). The number of hydrogen-bond donors (Lipinski definition) is 1. The Kier molecular flexibility index (Phi) is 6.54. The molecule has 0 amide bonds. The van der Waals surface area contributed by atoms with E-state index in [0.717, 1.165) is 12.8 Å². The maximum Gasteiger partial charge on any atom is 0.328 e. The smallest absolute Gasteiger partial charge is 0.300 e. The molecule has 0 bridgehead atoms. The first-order valence-electron chi connectivity index (χ1n) is 6.14. The van der Waals surface area contributed by atoms with Crippen LogP contribution in [0.5, 0.6) is 0 Å². The number of aromatic nitrogens is 2. The third-order valence-corrected chi connectivity index (χ3v) is 3.49. The van der Waals surface area contributed by atoms with Gasteiger partial charge in [-0.1, -0.05) is 39.0 Å². The molecule has 0 fully saturated rings. The highest BCUT2D eigenvalue weighted by molar-refractivity contribution is 14.1. The van der Waals surface area contributed by atoms with Gasteiger partial charge in [0.1, 0.15) is 0 Å². The Balaban J connectivity index is 2.39. The summed E-state index contributed by atoms with van der Waals surface area (Å²) in [6, 6.07) is 0. The van der Waals surface area contributed by atoms with Crippen molar-refractivity contribution in [1.82, 2.24) is 9.55 Å². The first kappa shape index (κ1) is 14.5. The van der Waals surface area contributed by atoms with Crippen molar-refractivity contribution in [2.24, 2.45) is 0 Å². The van der Waals surface area contributed by atoms with E-state index in [0.29, 0.717) is 10.1 Å². The van der Waals surface area contributed by atoms with Crippen molar-refractivity contribution in [1.29, 1.82) is 0 Å².